The maximum Gasteiger partial charge on any atom is 0.416 e. The maximum atomic E-state index is 13.0. The standard InChI is InChI=1S/C14H17F3N2O3S/c1-9-10(5-6-18-23(22)13(2,3)4)7-11(19(20)21)8-12(9)14(15,16)17/h6-8H,5H2,1-4H3. The lowest BCUT2D eigenvalue weighted by atomic mass is 9.99. The number of nitro groups is 1. The smallest absolute Gasteiger partial charge is 0.416 e. The van der Waals surface area contributed by atoms with Gasteiger partial charge in [-0.1, -0.05) is 4.40 Å². The first-order valence-corrected chi connectivity index (χ1v) is 7.74. The summed E-state index contributed by atoms with van der Waals surface area (Å²) in [6, 6.07) is 1.60. The van der Waals surface area contributed by atoms with Gasteiger partial charge in [-0.2, -0.15) is 13.2 Å². The number of nitrogens with zero attached hydrogens (tertiary/aromatic N) is 2. The number of non-ortho nitro benzene ring substituents is 1. The first-order chi connectivity index (χ1) is 10.3. The molecule has 0 N–H and O–H groups in total. The zero-order chi connectivity index (χ0) is 18.0. The zero-order valence-corrected chi connectivity index (χ0v) is 13.9. The van der Waals surface area contributed by atoms with Gasteiger partial charge in [0.15, 0.2) is 0 Å². The van der Waals surface area contributed by atoms with Crippen LogP contribution >= 0.6 is 0 Å². The summed E-state index contributed by atoms with van der Waals surface area (Å²) in [7, 11) is 0. The van der Waals surface area contributed by atoms with Gasteiger partial charge in [-0.3, -0.25) is 10.1 Å². The number of benzene rings is 1. The van der Waals surface area contributed by atoms with Crippen LogP contribution in [0.1, 0.15) is 37.5 Å². The summed E-state index contributed by atoms with van der Waals surface area (Å²) < 4.78 is 53.9. The molecule has 0 radical (unpaired) electrons. The van der Waals surface area contributed by atoms with E-state index in [4.69, 9.17) is 0 Å². The molecule has 1 aromatic carbocycles. The first-order valence-electron chi connectivity index (χ1n) is 6.63. The Hall–Kier alpha value is -1.61. The number of rotatable bonds is 4. The van der Waals surface area contributed by atoms with E-state index in [1.54, 1.807) is 20.8 Å². The monoisotopic (exact) mass is 350 g/mol. The van der Waals surface area contributed by atoms with E-state index < -0.39 is 38.5 Å². The van der Waals surface area contributed by atoms with Gasteiger partial charge in [0.2, 0.25) is 0 Å². The van der Waals surface area contributed by atoms with Crippen LogP contribution in [0, 0.1) is 17.0 Å². The number of nitro benzene ring substituents is 1. The first kappa shape index (κ1) is 19.4. The van der Waals surface area contributed by atoms with E-state index >= 15 is 0 Å². The van der Waals surface area contributed by atoms with Crippen molar-refractivity contribution in [2.75, 3.05) is 0 Å². The Balaban J connectivity index is 3.18. The van der Waals surface area contributed by atoms with Crippen LogP contribution in [0.4, 0.5) is 18.9 Å². The van der Waals surface area contributed by atoms with Crippen molar-refractivity contribution < 1.29 is 22.6 Å². The summed E-state index contributed by atoms with van der Waals surface area (Å²) in [5.41, 5.74) is -1.66. The van der Waals surface area contributed by atoms with Crippen molar-refractivity contribution in [3.05, 3.63) is 38.9 Å². The quantitative estimate of drug-likeness (QED) is 0.356. The van der Waals surface area contributed by atoms with E-state index in [9.17, 15) is 27.8 Å². The molecule has 9 heteroatoms. The Morgan fingerprint density at radius 3 is 2.30 bits per heavy atom. The van der Waals surface area contributed by atoms with E-state index in [1.807, 2.05) is 0 Å². The zero-order valence-electron chi connectivity index (χ0n) is 13.1. The summed E-state index contributed by atoms with van der Waals surface area (Å²) in [6.45, 7) is 6.37. The molecule has 0 saturated heterocycles. The van der Waals surface area contributed by atoms with Crippen LogP contribution in [0.3, 0.4) is 0 Å². The van der Waals surface area contributed by atoms with Crippen molar-refractivity contribution in [2.45, 2.75) is 45.0 Å². The fourth-order valence-corrected chi connectivity index (χ4v) is 2.26. The molecule has 1 rings (SSSR count). The molecular formula is C14H17F3N2O3S. The molecule has 128 valence electrons. The normalized spacial score (nSPS) is 14.3. The Morgan fingerprint density at radius 2 is 1.87 bits per heavy atom. The van der Waals surface area contributed by atoms with E-state index in [-0.39, 0.29) is 17.5 Å². The van der Waals surface area contributed by atoms with E-state index in [0.717, 1.165) is 6.07 Å². The molecule has 0 saturated carbocycles. The van der Waals surface area contributed by atoms with Gasteiger partial charge in [0.25, 0.3) is 5.69 Å². The predicted octanol–water partition coefficient (Wildman–Crippen LogP) is 4.00. The Labute approximate surface area is 135 Å². The molecule has 0 amide bonds. The third kappa shape index (κ3) is 5.21. The van der Waals surface area contributed by atoms with Crippen LogP contribution in [-0.4, -0.2) is 20.4 Å². The van der Waals surface area contributed by atoms with Crippen LogP contribution < -0.4 is 0 Å². The van der Waals surface area contributed by atoms with Crippen molar-refractivity contribution >= 4 is 23.3 Å². The Kier molecular flexibility index (Phi) is 5.81. The Bertz CT molecular complexity index is 625. The third-order valence-corrected chi connectivity index (χ3v) is 4.41. The second-order valence-corrected chi connectivity index (χ2v) is 7.82. The molecule has 0 aliphatic heterocycles. The van der Waals surface area contributed by atoms with Crippen molar-refractivity contribution in [1.82, 2.24) is 0 Å². The van der Waals surface area contributed by atoms with Gasteiger partial charge < -0.3 is 4.55 Å². The number of hydrogen-bond acceptors (Lipinski definition) is 4. The van der Waals surface area contributed by atoms with Crippen LogP contribution in [-0.2, 0) is 24.0 Å². The minimum atomic E-state index is -4.68. The summed E-state index contributed by atoms with van der Waals surface area (Å²) in [4.78, 5) is 9.94. The van der Waals surface area contributed by atoms with Gasteiger partial charge in [0.05, 0.1) is 16.7 Å². The Morgan fingerprint density at radius 1 is 1.30 bits per heavy atom. The molecule has 5 nitrogen and oxygen atoms in total. The number of halogens is 3. The number of hydrogen-bond donors (Lipinski definition) is 0. The van der Waals surface area contributed by atoms with Gasteiger partial charge in [-0.25, -0.2) is 0 Å². The molecule has 1 aromatic rings. The minimum absolute atomic E-state index is 0.0710. The molecule has 0 heterocycles. The lowest BCUT2D eigenvalue weighted by Gasteiger charge is -2.18. The highest BCUT2D eigenvalue weighted by Gasteiger charge is 2.35. The topological polar surface area (TPSA) is 78.6 Å². The highest BCUT2D eigenvalue weighted by Crippen LogP contribution is 2.35. The van der Waals surface area contributed by atoms with Gasteiger partial charge in [0.1, 0.15) is 16.1 Å². The SMILES string of the molecule is Cc1c(CC=N[S+]([O-])C(C)(C)C)cc([N+](=O)[O-])cc1C(F)(F)F. The number of alkyl halides is 3. The van der Waals surface area contributed by atoms with E-state index in [0.29, 0.717) is 6.07 Å². The molecule has 0 aliphatic carbocycles. The van der Waals surface area contributed by atoms with Crippen LogP contribution in [0.25, 0.3) is 0 Å². The lowest BCUT2D eigenvalue weighted by molar-refractivity contribution is -0.385. The van der Waals surface area contributed by atoms with Crippen molar-refractivity contribution in [2.24, 2.45) is 4.40 Å². The fourth-order valence-electron chi connectivity index (χ4n) is 1.73. The average Bonchev–Trinajstić information content (AvgIpc) is 2.37. The van der Waals surface area contributed by atoms with E-state index in [1.165, 1.54) is 13.1 Å². The third-order valence-electron chi connectivity index (χ3n) is 3.02. The predicted molar refractivity (Wildman–Crippen MR) is 82.9 cm³/mol. The van der Waals surface area contributed by atoms with E-state index in [2.05, 4.69) is 4.40 Å². The largest absolute Gasteiger partial charge is 0.591 e. The van der Waals surface area contributed by atoms with Gasteiger partial charge in [-0.05, 0) is 38.8 Å². The molecule has 0 fully saturated rings. The second-order valence-electron chi connectivity index (χ2n) is 5.89. The minimum Gasteiger partial charge on any atom is -0.591 e. The lowest BCUT2D eigenvalue weighted by Crippen LogP contribution is -2.25. The average molecular weight is 350 g/mol. The molecule has 23 heavy (non-hydrogen) atoms. The maximum absolute atomic E-state index is 13.0. The highest BCUT2D eigenvalue weighted by atomic mass is 32.2. The van der Waals surface area contributed by atoms with Crippen LogP contribution in [0.15, 0.2) is 16.5 Å². The van der Waals surface area contributed by atoms with Crippen LogP contribution in [0.2, 0.25) is 0 Å². The summed E-state index contributed by atoms with van der Waals surface area (Å²) >= 11 is -1.54. The van der Waals surface area contributed by atoms with Crippen LogP contribution in [0.5, 0.6) is 0 Å². The fraction of sp³-hybridized carbons (Fsp3) is 0.500. The van der Waals surface area contributed by atoms with Crippen molar-refractivity contribution in [3.8, 4) is 0 Å². The summed E-state index contributed by atoms with van der Waals surface area (Å²) in [5, 5.41) is 10.8. The second kappa shape index (κ2) is 6.88. The molecule has 1 atom stereocenters. The summed E-state index contributed by atoms with van der Waals surface area (Å²) in [5.74, 6) is 0. The van der Waals surface area contributed by atoms with Gasteiger partial charge in [0, 0.05) is 18.6 Å². The van der Waals surface area contributed by atoms with Gasteiger partial charge in [-0.15, -0.1) is 0 Å². The van der Waals surface area contributed by atoms with Gasteiger partial charge >= 0.3 is 6.18 Å². The molecule has 0 aromatic heterocycles. The molecule has 0 bridgehead atoms. The highest BCUT2D eigenvalue weighted by molar-refractivity contribution is 7.91. The van der Waals surface area contributed by atoms with Crippen molar-refractivity contribution in [1.29, 1.82) is 0 Å². The molecule has 0 spiro atoms. The summed E-state index contributed by atoms with van der Waals surface area (Å²) in [6.07, 6.45) is -3.53. The molecule has 1 unspecified atom stereocenters. The van der Waals surface area contributed by atoms with Crippen molar-refractivity contribution in [3.63, 3.8) is 0 Å². The molecular weight excluding hydrogens is 333 g/mol. The molecule has 0 aliphatic rings.